The van der Waals surface area contributed by atoms with Gasteiger partial charge in [0.1, 0.15) is 6.54 Å². The zero-order valence-electron chi connectivity index (χ0n) is 15.1. The summed E-state index contributed by atoms with van der Waals surface area (Å²) >= 11 is 0. The molecule has 1 amide bonds. The zero-order chi connectivity index (χ0) is 18.6. The van der Waals surface area contributed by atoms with Crippen LogP contribution in [0.3, 0.4) is 0 Å². The van der Waals surface area contributed by atoms with Crippen molar-refractivity contribution in [3.05, 3.63) is 36.4 Å². The summed E-state index contributed by atoms with van der Waals surface area (Å²) < 4.78 is 7.00. The summed E-state index contributed by atoms with van der Waals surface area (Å²) in [6.45, 7) is 2.24. The second-order valence-electron chi connectivity index (χ2n) is 6.37. The van der Waals surface area contributed by atoms with Crippen LogP contribution in [0.25, 0.3) is 11.0 Å². The summed E-state index contributed by atoms with van der Waals surface area (Å²) in [7, 11) is 1.52. The number of anilines is 1. The van der Waals surface area contributed by atoms with Crippen LogP contribution >= 0.6 is 0 Å². The number of nitrogens with one attached hydrogen (secondary N) is 1. The smallest absolute Gasteiger partial charge is 0.321 e. The molecule has 0 atom stereocenters. The fraction of sp³-hybridized carbons (Fsp3) is 0.389. The number of methoxy groups -OCH3 is 1. The van der Waals surface area contributed by atoms with Gasteiger partial charge in [-0.05, 0) is 25.0 Å². The van der Waals surface area contributed by atoms with Crippen molar-refractivity contribution in [3.8, 4) is 6.01 Å². The molecule has 0 unspecified atom stereocenters. The molecule has 140 valence electrons. The molecule has 1 aliphatic heterocycles. The highest BCUT2D eigenvalue weighted by Crippen LogP contribution is 2.17. The molecule has 4 rings (SSSR count). The van der Waals surface area contributed by atoms with Crippen molar-refractivity contribution in [2.24, 2.45) is 0 Å². The van der Waals surface area contributed by atoms with E-state index in [0.717, 1.165) is 37.0 Å². The summed E-state index contributed by atoms with van der Waals surface area (Å²) in [5, 5.41) is 2.86. The zero-order valence-corrected chi connectivity index (χ0v) is 15.1. The third kappa shape index (κ3) is 3.81. The number of nitrogens with zero attached hydrogens (tertiary/aromatic N) is 6. The third-order valence-corrected chi connectivity index (χ3v) is 4.51. The first kappa shape index (κ1) is 17.2. The second-order valence-corrected chi connectivity index (χ2v) is 6.37. The van der Waals surface area contributed by atoms with E-state index in [2.05, 4.69) is 30.2 Å². The van der Waals surface area contributed by atoms with E-state index in [4.69, 9.17) is 4.74 Å². The largest absolute Gasteiger partial charge is 0.467 e. The number of benzene rings is 1. The number of rotatable bonds is 6. The average Bonchev–Trinajstić information content (AvgIpc) is 3.37. The third-order valence-electron chi connectivity index (χ3n) is 4.51. The number of imidazole rings is 1. The molecule has 1 N–H and O–H groups in total. The van der Waals surface area contributed by atoms with Gasteiger partial charge >= 0.3 is 6.01 Å². The van der Waals surface area contributed by atoms with E-state index >= 15 is 0 Å². The van der Waals surface area contributed by atoms with E-state index in [9.17, 15) is 4.79 Å². The lowest BCUT2D eigenvalue weighted by atomic mass is 10.3. The first-order valence-corrected chi connectivity index (χ1v) is 8.93. The molecule has 1 fully saturated rings. The number of para-hydroxylation sites is 2. The van der Waals surface area contributed by atoms with E-state index in [1.165, 1.54) is 7.11 Å². The van der Waals surface area contributed by atoms with E-state index in [1.54, 1.807) is 6.33 Å². The molecule has 0 aliphatic carbocycles. The molecular formula is C18H21N7O2. The molecule has 9 nitrogen and oxygen atoms in total. The van der Waals surface area contributed by atoms with Gasteiger partial charge in [-0.15, -0.1) is 0 Å². The molecule has 27 heavy (non-hydrogen) atoms. The van der Waals surface area contributed by atoms with Crippen LogP contribution in [-0.4, -0.2) is 50.6 Å². The van der Waals surface area contributed by atoms with E-state index in [-0.39, 0.29) is 25.0 Å². The van der Waals surface area contributed by atoms with Crippen LogP contribution in [0.5, 0.6) is 6.01 Å². The number of hydrogen-bond donors (Lipinski definition) is 1. The highest BCUT2D eigenvalue weighted by atomic mass is 16.5. The molecule has 3 aromatic rings. The molecule has 2 aromatic heterocycles. The quantitative estimate of drug-likeness (QED) is 0.698. The Hall–Kier alpha value is -3.23. The Labute approximate surface area is 156 Å². The molecule has 1 aromatic carbocycles. The van der Waals surface area contributed by atoms with Crippen LogP contribution in [0, 0.1) is 0 Å². The first-order valence-electron chi connectivity index (χ1n) is 8.93. The molecule has 0 bridgehead atoms. The van der Waals surface area contributed by atoms with Gasteiger partial charge in [0.25, 0.3) is 0 Å². The van der Waals surface area contributed by atoms with Crippen molar-refractivity contribution < 1.29 is 9.53 Å². The Morgan fingerprint density at radius 2 is 2.00 bits per heavy atom. The summed E-state index contributed by atoms with van der Waals surface area (Å²) in [5.41, 5.74) is 1.79. The number of fused-ring (bicyclic) bond motifs is 1. The lowest BCUT2D eigenvalue weighted by Gasteiger charge is -2.16. The van der Waals surface area contributed by atoms with Crippen LogP contribution in [0.4, 0.5) is 5.95 Å². The molecule has 1 aliphatic rings. The number of aromatic nitrogens is 5. The summed E-state index contributed by atoms with van der Waals surface area (Å²) in [6.07, 6.45) is 3.92. The van der Waals surface area contributed by atoms with Gasteiger partial charge in [0.05, 0.1) is 31.0 Å². The lowest BCUT2D eigenvalue weighted by molar-refractivity contribution is -0.121. The van der Waals surface area contributed by atoms with Gasteiger partial charge in [0, 0.05) is 13.1 Å². The minimum atomic E-state index is -0.139. The van der Waals surface area contributed by atoms with Gasteiger partial charge in [-0.3, -0.25) is 4.79 Å². The topological polar surface area (TPSA) is 98.1 Å². The molecule has 0 spiro atoms. The maximum atomic E-state index is 12.4. The van der Waals surface area contributed by atoms with Crippen LogP contribution in [0.1, 0.15) is 18.7 Å². The normalized spacial score (nSPS) is 13.9. The Bertz CT molecular complexity index is 950. The first-order chi connectivity index (χ1) is 13.2. The minimum Gasteiger partial charge on any atom is -0.467 e. The second kappa shape index (κ2) is 7.56. The van der Waals surface area contributed by atoms with Crippen LogP contribution in [-0.2, 0) is 17.9 Å². The monoisotopic (exact) mass is 367 g/mol. The lowest BCUT2D eigenvalue weighted by Crippen LogP contribution is -2.28. The number of carbonyl (C=O) groups is 1. The Morgan fingerprint density at radius 1 is 1.19 bits per heavy atom. The number of hydrogen-bond acceptors (Lipinski definition) is 7. The number of ether oxygens (including phenoxy) is 1. The average molecular weight is 367 g/mol. The van der Waals surface area contributed by atoms with Gasteiger partial charge in [-0.1, -0.05) is 12.1 Å². The van der Waals surface area contributed by atoms with Crippen LogP contribution < -0.4 is 15.0 Å². The van der Waals surface area contributed by atoms with Gasteiger partial charge in [0.15, 0.2) is 5.82 Å². The standard InChI is InChI=1S/C18H21N7O2/c1-27-18-22-15(21-17(23-18)24-8-4-5-9-24)10-19-16(26)11-25-12-20-13-6-2-3-7-14(13)25/h2-3,6-7,12H,4-5,8-11H2,1H3,(H,19,26). The maximum Gasteiger partial charge on any atom is 0.321 e. The van der Waals surface area contributed by atoms with Gasteiger partial charge in [-0.2, -0.15) is 15.0 Å². The summed E-state index contributed by atoms with van der Waals surface area (Å²) in [4.78, 5) is 31.8. The molecule has 1 saturated heterocycles. The van der Waals surface area contributed by atoms with Gasteiger partial charge in [-0.25, -0.2) is 4.98 Å². The predicted octanol–water partition coefficient (Wildman–Crippen LogP) is 1.15. The van der Waals surface area contributed by atoms with Crippen LogP contribution in [0.15, 0.2) is 30.6 Å². The number of amides is 1. The van der Waals surface area contributed by atoms with Crippen molar-refractivity contribution >= 4 is 22.9 Å². The minimum absolute atomic E-state index is 0.139. The Balaban J connectivity index is 1.43. The Morgan fingerprint density at radius 3 is 2.81 bits per heavy atom. The van der Waals surface area contributed by atoms with Gasteiger partial charge < -0.3 is 19.5 Å². The number of carbonyl (C=O) groups excluding carboxylic acids is 1. The van der Waals surface area contributed by atoms with Crippen LogP contribution in [0.2, 0.25) is 0 Å². The molecule has 9 heteroatoms. The van der Waals surface area contributed by atoms with Gasteiger partial charge in [0.2, 0.25) is 11.9 Å². The highest BCUT2D eigenvalue weighted by molar-refractivity contribution is 5.80. The fourth-order valence-corrected chi connectivity index (χ4v) is 3.14. The van der Waals surface area contributed by atoms with E-state index in [0.29, 0.717) is 11.8 Å². The molecular weight excluding hydrogens is 346 g/mol. The van der Waals surface area contributed by atoms with Crippen molar-refractivity contribution in [3.63, 3.8) is 0 Å². The summed E-state index contributed by atoms with van der Waals surface area (Å²) in [5.74, 6) is 0.942. The maximum absolute atomic E-state index is 12.4. The van der Waals surface area contributed by atoms with Crippen molar-refractivity contribution in [1.82, 2.24) is 29.8 Å². The SMILES string of the molecule is COc1nc(CNC(=O)Cn2cnc3ccccc32)nc(N2CCCC2)n1. The highest BCUT2D eigenvalue weighted by Gasteiger charge is 2.18. The Kier molecular flexibility index (Phi) is 4.82. The van der Waals surface area contributed by atoms with Crippen molar-refractivity contribution in [1.29, 1.82) is 0 Å². The molecule has 0 radical (unpaired) electrons. The fourth-order valence-electron chi connectivity index (χ4n) is 3.14. The van der Waals surface area contributed by atoms with E-state index < -0.39 is 0 Å². The molecule has 0 saturated carbocycles. The van der Waals surface area contributed by atoms with Crippen molar-refractivity contribution in [2.75, 3.05) is 25.1 Å². The molecule has 3 heterocycles. The van der Waals surface area contributed by atoms with Crippen molar-refractivity contribution in [2.45, 2.75) is 25.9 Å². The van der Waals surface area contributed by atoms with E-state index in [1.807, 2.05) is 28.8 Å². The summed E-state index contributed by atoms with van der Waals surface area (Å²) in [6, 6.07) is 7.97. The predicted molar refractivity (Wildman–Crippen MR) is 99.4 cm³/mol.